The van der Waals surface area contributed by atoms with E-state index in [-0.39, 0.29) is 22.3 Å². The molecule has 0 unspecified atom stereocenters. The maximum atomic E-state index is 13.2. The van der Waals surface area contributed by atoms with Gasteiger partial charge in [0.2, 0.25) is 5.82 Å². The number of nitroso groups, excluding NO2 is 1. The van der Waals surface area contributed by atoms with Gasteiger partial charge in [-0.1, -0.05) is 11.6 Å². The summed E-state index contributed by atoms with van der Waals surface area (Å²) in [6.45, 7) is 1.58. The maximum absolute atomic E-state index is 13.2. The number of benzene rings is 1. The molecule has 0 amide bonds. The van der Waals surface area contributed by atoms with Gasteiger partial charge in [-0.2, -0.15) is 0 Å². The molecule has 0 saturated carbocycles. The Bertz CT molecular complexity index is 605. The van der Waals surface area contributed by atoms with Crippen LogP contribution in [0.1, 0.15) is 5.56 Å². The summed E-state index contributed by atoms with van der Waals surface area (Å²) < 4.78 is 18.6. The number of nitrogens with zero attached hydrogens (tertiary/aromatic N) is 2. The van der Waals surface area contributed by atoms with Crippen LogP contribution in [0.5, 0.6) is 11.5 Å². The number of aromatic nitrogens is 1. The first kappa shape index (κ1) is 12.4. The molecule has 2 rings (SSSR count). The van der Waals surface area contributed by atoms with E-state index in [2.05, 4.69) is 10.2 Å². The third-order valence-electron chi connectivity index (χ3n) is 2.27. The normalized spacial score (nSPS) is 10.2. The van der Waals surface area contributed by atoms with E-state index < -0.39 is 5.82 Å². The summed E-state index contributed by atoms with van der Waals surface area (Å²) in [5, 5.41) is 2.84. The van der Waals surface area contributed by atoms with E-state index in [0.717, 1.165) is 6.07 Å². The molecule has 18 heavy (non-hydrogen) atoms. The van der Waals surface area contributed by atoms with Crippen molar-refractivity contribution in [1.29, 1.82) is 0 Å². The van der Waals surface area contributed by atoms with Crippen molar-refractivity contribution in [2.45, 2.75) is 6.92 Å². The van der Waals surface area contributed by atoms with E-state index in [1.807, 2.05) is 0 Å². The van der Waals surface area contributed by atoms with Crippen LogP contribution in [-0.2, 0) is 0 Å². The van der Waals surface area contributed by atoms with Gasteiger partial charge in [0, 0.05) is 6.20 Å². The molecule has 0 N–H and O–H groups in total. The molecule has 1 aromatic carbocycles. The molecule has 0 aliphatic rings. The van der Waals surface area contributed by atoms with E-state index in [9.17, 15) is 9.30 Å². The lowest BCUT2D eigenvalue weighted by molar-refractivity contribution is 0.479. The fraction of sp³-hybridized carbons (Fsp3) is 0.0833. The van der Waals surface area contributed by atoms with E-state index in [4.69, 9.17) is 16.3 Å². The highest BCUT2D eigenvalue weighted by Crippen LogP contribution is 2.34. The van der Waals surface area contributed by atoms with Crippen molar-refractivity contribution in [3.05, 3.63) is 51.8 Å². The Hall–Kier alpha value is -2.01. The van der Waals surface area contributed by atoms with Crippen LogP contribution in [0.15, 0.2) is 35.6 Å². The van der Waals surface area contributed by atoms with Crippen molar-refractivity contribution in [3.63, 3.8) is 0 Å². The van der Waals surface area contributed by atoms with Gasteiger partial charge in [0.1, 0.15) is 11.6 Å². The molecule has 0 aliphatic carbocycles. The van der Waals surface area contributed by atoms with E-state index in [1.165, 1.54) is 18.3 Å². The predicted octanol–water partition coefficient (Wildman–Crippen LogP) is 4.37. The zero-order chi connectivity index (χ0) is 13.1. The Morgan fingerprint density at radius 2 is 2.17 bits per heavy atom. The van der Waals surface area contributed by atoms with Gasteiger partial charge in [0.15, 0.2) is 5.75 Å². The minimum Gasteiger partial charge on any atom is -0.452 e. The first-order valence-corrected chi connectivity index (χ1v) is 5.41. The zero-order valence-corrected chi connectivity index (χ0v) is 10.1. The second kappa shape index (κ2) is 5.10. The number of hydrogen-bond donors (Lipinski definition) is 0. The predicted molar refractivity (Wildman–Crippen MR) is 65.9 cm³/mol. The van der Waals surface area contributed by atoms with Crippen molar-refractivity contribution >= 4 is 17.4 Å². The highest BCUT2D eigenvalue weighted by atomic mass is 35.5. The molecule has 0 radical (unpaired) electrons. The van der Waals surface area contributed by atoms with Crippen molar-refractivity contribution in [2.75, 3.05) is 0 Å². The Balaban J connectivity index is 2.40. The molecule has 0 atom stereocenters. The van der Waals surface area contributed by atoms with Crippen LogP contribution in [0.3, 0.4) is 0 Å². The van der Waals surface area contributed by atoms with Crippen LogP contribution in [-0.4, -0.2) is 4.98 Å². The van der Waals surface area contributed by atoms with Gasteiger partial charge in [0.05, 0.1) is 5.02 Å². The Kier molecular flexibility index (Phi) is 3.53. The highest BCUT2D eigenvalue weighted by molar-refractivity contribution is 6.32. The quantitative estimate of drug-likeness (QED) is 0.775. The standard InChI is InChI=1S/C12H8ClFN2O2/c1-7-5-11(8(13)6-9(7)14)18-10-3-2-4-15-12(10)16-17/h2-6H,1H3. The topological polar surface area (TPSA) is 51.6 Å². The Morgan fingerprint density at radius 3 is 2.89 bits per heavy atom. The average molecular weight is 267 g/mol. The lowest BCUT2D eigenvalue weighted by atomic mass is 10.2. The number of halogens is 2. The zero-order valence-electron chi connectivity index (χ0n) is 9.35. The summed E-state index contributed by atoms with van der Waals surface area (Å²) in [5.74, 6) is -0.100. The molecule has 0 fully saturated rings. The van der Waals surface area contributed by atoms with Gasteiger partial charge in [-0.15, -0.1) is 4.91 Å². The summed E-state index contributed by atoms with van der Waals surface area (Å²) in [5.41, 5.74) is 0.388. The third-order valence-corrected chi connectivity index (χ3v) is 2.57. The van der Waals surface area contributed by atoms with Gasteiger partial charge in [-0.3, -0.25) is 0 Å². The third kappa shape index (κ3) is 2.46. The fourth-order valence-electron chi connectivity index (χ4n) is 1.36. The molecular formula is C12H8ClFN2O2. The lowest BCUT2D eigenvalue weighted by Gasteiger charge is -2.09. The summed E-state index contributed by atoms with van der Waals surface area (Å²) in [7, 11) is 0. The SMILES string of the molecule is Cc1cc(Oc2cccnc2N=O)c(Cl)cc1F. The Labute approximate surface area is 107 Å². The van der Waals surface area contributed by atoms with Crippen LogP contribution >= 0.6 is 11.6 Å². The number of hydrogen-bond acceptors (Lipinski definition) is 4. The molecule has 1 heterocycles. The van der Waals surface area contributed by atoms with Gasteiger partial charge in [-0.05, 0) is 41.9 Å². The largest absolute Gasteiger partial charge is 0.452 e. The molecule has 0 aliphatic heterocycles. The molecule has 4 nitrogen and oxygen atoms in total. The van der Waals surface area contributed by atoms with Crippen LogP contribution in [0.25, 0.3) is 0 Å². The van der Waals surface area contributed by atoms with Crippen molar-refractivity contribution in [3.8, 4) is 11.5 Å². The number of ether oxygens (including phenoxy) is 1. The fourth-order valence-corrected chi connectivity index (χ4v) is 1.55. The Morgan fingerprint density at radius 1 is 1.39 bits per heavy atom. The molecule has 92 valence electrons. The minimum absolute atomic E-state index is 0.0875. The van der Waals surface area contributed by atoms with Gasteiger partial charge < -0.3 is 4.74 Å². The maximum Gasteiger partial charge on any atom is 0.239 e. The first-order valence-electron chi connectivity index (χ1n) is 5.03. The van der Waals surface area contributed by atoms with Gasteiger partial charge in [-0.25, -0.2) is 9.37 Å². The summed E-state index contributed by atoms with van der Waals surface area (Å²) in [6, 6.07) is 5.71. The van der Waals surface area contributed by atoms with Gasteiger partial charge in [0.25, 0.3) is 0 Å². The molecule has 0 saturated heterocycles. The molecule has 1 aromatic heterocycles. The molecule has 0 spiro atoms. The van der Waals surface area contributed by atoms with Crippen molar-refractivity contribution in [2.24, 2.45) is 5.18 Å². The second-order valence-electron chi connectivity index (χ2n) is 3.55. The second-order valence-corrected chi connectivity index (χ2v) is 3.96. The first-order chi connectivity index (χ1) is 8.61. The van der Waals surface area contributed by atoms with Crippen molar-refractivity contribution < 1.29 is 9.13 Å². The summed E-state index contributed by atoms with van der Waals surface area (Å²) in [4.78, 5) is 14.3. The smallest absolute Gasteiger partial charge is 0.239 e. The van der Waals surface area contributed by atoms with E-state index in [1.54, 1.807) is 13.0 Å². The average Bonchev–Trinajstić information content (AvgIpc) is 2.36. The minimum atomic E-state index is -0.424. The van der Waals surface area contributed by atoms with E-state index in [0.29, 0.717) is 5.56 Å². The summed E-state index contributed by atoms with van der Waals surface area (Å²) in [6.07, 6.45) is 1.42. The van der Waals surface area contributed by atoms with Crippen LogP contribution in [0, 0.1) is 17.6 Å². The number of aryl methyl sites for hydroxylation is 1. The van der Waals surface area contributed by atoms with E-state index >= 15 is 0 Å². The molecule has 2 aromatic rings. The van der Waals surface area contributed by atoms with Crippen molar-refractivity contribution in [1.82, 2.24) is 4.98 Å². The highest BCUT2D eigenvalue weighted by Gasteiger charge is 2.11. The molecule has 6 heteroatoms. The number of pyridine rings is 1. The van der Waals surface area contributed by atoms with Gasteiger partial charge >= 0.3 is 0 Å². The molecular weight excluding hydrogens is 259 g/mol. The van der Waals surface area contributed by atoms with Crippen LogP contribution in [0.2, 0.25) is 5.02 Å². The van der Waals surface area contributed by atoms with Crippen LogP contribution in [0.4, 0.5) is 10.2 Å². The molecule has 0 bridgehead atoms. The van der Waals surface area contributed by atoms with Crippen LogP contribution < -0.4 is 4.74 Å². The number of rotatable bonds is 3. The lowest BCUT2D eigenvalue weighted by Crippen LogP contribution is -1.90. The summed E-state index contributed by atoms with van der Waals surface area (Å²) >= 11 is 5.85. The monoisotopic (exact) mass is 266 g/mol.